The number of anilines is 3. The van der Waals surface area contributed by atoms with Crippen LogP contribution in [0.25, 0.3) is 73.7 Å². The highest BCUT2D eigenvalue weighted by Crippen LogP contribution is 2.50. The van der Waals surface area contributed by atoms with Gasteiger partial charge in [0.05, 0.1) is 10.4 Å². The highest BCUT2D eigenvalue weighted by Gasteiger charge is 2.23. The van der Waals surface area contributed by atoms with Crippen LogP contribution in [0, 0.1) is 0 Å². The quantitative estimate of drug-likeness (QED) is 0.168. The van der Waals surface area contributed by atoms with E-state index < -0.39 is 0 Å². The van der Waals surface area contributed by atoms with Gasteiger partial charge < -0.3 is 4.90 Å². The molecule has 240 valence electrons. The summed E-state index contributed by atoms with van der Waals surface area (Å²) >= 11 is 3.74. The van der Waals surface area contributed by atoms with Gasteiger partial charge >= 0.3 is 0 Å². The molecule has 0 radical (unpaired) electrons. The number of nitrogens with zero attached hydrogens (tertiary/aromatic N) is 1. The van der Waals surface area contributed by atoms with E-state index in [2.05, 4.69) is 193 Å². The fourth-order valence-electron chi connectivity index (χ4n) is 7.42. The normalized spacial score (nSPS) is 11.5. The van der Waals surface area contributed by atoms with E-state index in [1.807, 2.05) is 22.7 Å². The summed E-state index contributed by atoms with van der Waals surface area (Å²) in [5, 5.41) is 5.22. The van der Waals surface area contributed by atoms with Crippen LogP contribution in [0.15, 0.2) is 188 Å². The molecule has 0 amide bonds. The summed E-state index contributed by atoms with van der Waals surface area (Å²) in [5.74, 6) is 0. The molecule has 0 N–H and O–H groups in total. The average molecular weight is 686 g/mol. The van der Waals surface area contributed by atoms with Gasteiger partial charge in [0.2, 0.25) is 0 Å². The zero-order chi connectivity index (χ0) is 33.7. The van der Waals surface area contributed by atoms with Crippen molar-refractivity contribution in [3.63, 3.8) is 0 Å². The number of thiophene rings is 2. The Morgan fingerprint density at radius 3 is 1.65 bits per heavy atom. The van der Waals surface area contributed by atoms with Crippen molar-refractivity contribution in [2.24, 2.45) is 0 Å². The highest BCUT2D eigenvalue weighted by atomic mass is 32.1. The smallest absolute Gasteiger partial charge is 0.0718 e. The van der Waals surface area contributed by atoms with E-state index >= 15 is 0 Å². The van der Waals surface area contributed by atoms with E-state index in [0.717, 1.165) is 11.4 Å². The molecule has 0 aliphatic carbocycles. The lowest BCUT2D eigenvalue weighted by Gasteiger charge is -2.29. The van der Waals surface area contributed by atoms with Crippen LogP contribution < -0.4 is 4.90 Å². The first kappa shape index (κ1) is 29.9. The summed E-state index contributed by atoms with van der Waals surface area (Å²) in [6.45, 7) is 0. The molecule has 0 aliphatic heterocycles. The number of hydrogen-bond donors (Lipinski definition) is 0. The standard InChI is InChI=1S/C48H31NS2/c1-3-12-32(13-4-1)35-16-11-17-38(30-35)49(37-25-22-33(23-26-37)36-24-29-46-43(31-36)41-19-8-9-20-44(41)50-46)47-39(34-14-5-2-6-15-34)27-28-42-40-18-7-10-21-45(40)51-48(42)47/h1-31H. The van der Waals surface area contributed by atoms with Gasteiger partial charge in [-0.15, -0.1) is 22.7 Å². The SMILES string of the molecule is c1ccc(-c2cccc(N(c3ccc(-c4ccc5sc6ccccc6c5c4)cc3)c3c(-c4ccccc4)ccc4c3sc3ccccc34)c2)cc1. The maximum Gasteiger partial charge on any atom is 0.0718 e. The molecule has 0 saturated carbocycles. The molecule has 0 aliphatic rings. The summed E-state index contributed by atoms with van der Waals surface area (Å²) in [4.78, 5) is 2.48. The van der Waals surface area contributed by atoms with Crippen molar-refractivity contribution in [3.05, 3.63) is 188 Å². The molecule has 2 heterocycles. The fourth-order valence-corrected chi connectivity index (χ4v) is 9.75. The maximum atomic E-state index is 2.48. The monoisotopic (exact) mass is 685 g/mol. The first-order valence-electron chi connectivity index (χ1n) is 17.3. The van der Waals surface area contributed by atoms with Gasteiger partial charge in [0.1, 0.15) is 0 Å². The van der Waals surface area contributed by atoms with E-state index in [1.165, 1.54) is 79.4 Å². The minimum Gasteiger partial charge on any atom is -0.308 e. The summed E-state index contributed by atoms with van der Waals surface area (Å²) in [5.41, 5.74) is 10.7. The maximum absolute atomic E-state index is 2.48. The second-order valence-electron chi connectivity index (χ2n) is 12.9. The minimum atomic E-state index is 1.12. The van der Waals surface area contributed by atoms with Crippen LogP contribution in [0.5, 0.6) is 0 Å². The van der Waals surface area contributed by atoms with Crippen molar-refractivity contribution in [2.45, 2.75) is 0 Å². The Morgan fingerprint density at radius 1 is 0.314 bits per heavy atom. The molecule has 0 bridgehead atoms. The lowest BCUT2D eigenvalue weighted by molar-refractivity contribution is 1.30. The number of rotatable bonds is 6. The third kappa shape index (κ3) is 5.21. The van der Waals surface area contributed by atoms with E-state index in [4.69, 9.17) is 0 Å². The molecule has 1 nitrogen and oxygen atoms in total. The zero-order valence-electron chi connectivity index (χ0n) is 27.7. The molecule has 0 atom stereocenters. The molecule has 8 aromatic carbocycles. The average Bonchev–Trinajstić information content (AvgIpc) is 3.77. The number of fused-ring (bicyclic) bond motifs is 6. The molecular weight excluding hydrogens is 655 g/mol. The highest BCUT2D eigenvalue weighted by molar-refractivity contribution is 7.26. The summed E-state index contributed by atoms with van der Waals surface area (Å²) in [7, 11) is 0. The van der Waals surface area contributed by atoms with Crippen molar-refractivity contribution in [1.29, 1.82) is 0 Å². The van der Waals surface area contributed by atoms with Crippen molar-refractivity contribution >= 4 is 80.1 Å². The topological polar surface area (TPSA) is 3.24 Å². The van der Waals surface area contributed by atoms with E-state index in [0.29, 0.717) is 0 Å². The van der Waals surface area contributed by atoms with Crippen molar-refractivity contribution in [3.8, 4) is 33.4 Å². The Hall–Kier alpha value is -6.00. The Morgan fingerprint density at radius 2 is 0.882 bits per heavy atom. The van der Waals surface area contributed by atoms with Gasteiger partial charge in [-0.1, -0.05) is 140 Å². The second-order valence-corrected chi connectivity index (χ2v) is 15.0. The van der Waals surface area contributed by atoms with Gasteiger partial charge in [-0.2, -0.15) is 0 Å². The Labute approximate surface area is 304 Å². The molecule has 0 saturated heterocycles. The van der Waals surface area contributed by atoms with Crippen LogP contribution in [0.4, 0.5) is 17.1 Å². The Bertz CT molecular complexity index is 2850. The zero-order valence-corrected chi connectivity index (χ0v) is 29.3. The molecule has 0 unspecified atom stereocenters. The largest absolute Gasteiger partial charge is 0.308 e. The molecule has 51 heavy (non-hydrogen) atoms. The van der Waals surface area contributed by atoms with E-state index in [9.17, 15) is 0 Å². The van der Waals surface area contributed by atoms with Gasteiger partial charge in [-0.3, -0.25) is 0 Å². The lowest BCUT2D eigenvalue weighted by atomic mass is 9.98. The fraction of sp³-hybridized carbons (Fsp3) is 0. The molecule has 0 spiro atoms. The third-order valence-corrected chi connectivity index (χ3v) is 12.2. The van der Waals surface area contributed by atoms with Gasteiger partial charge in [-0.25, -0.2) is 0 Å². The van der Waals surface area contributed by atoms with E-state index in [-0.39, 0.29) is 0 Å². The predicted molar refractivity (Wildman–Crippen MR) is 223 cm³/mol. The summed E-state index contributed by atoms with van der Waals surface area (Å²) in [6.07, 6.45) is 0. The number of hydrogen-bond acceptors (Lipinski definition) is 3. The summed E-state index contributed by atoms with van der Waals surface area (Å²) < 4.78 is 5.23. The Kier molecular flexibility index (Phi) is 7.26. The Balaban J connectivity index is 1.20. The minimum absolute atomic E-state index is 1.12. The molecule has 10 rings (SSSR count). The van der Waals surface area contributed by atoms with Crippen molar-refractivity contribution < 1.29 is 0 Å². The van der Waals surface area contributed by atoms with Crippen LogP contribution in [-0.4, -0.2) is 0 Å². The van der Waals surface area contributed by atoms with Crippen LogP contribution in [0.3, 0.4) is 0 Å². The molecule has 10 aromatic rings. The van der Waals surface area contributed by atoms with Crippen LogP contribution in [-0.2, 0) is 0 Å². The second kappa shape index (κ2) is 12.4. The molecular formula is C48H31NS2. The van der Waals surface area contributed by atoms with Crippen LogP contribution in [0.1, 0.15) is 0 Å². The van der Waals surface area contributed by atoms with Crippen LogP contribution >= 0.6 is 22.7 Å². The van der Waals surface area contributed by atoms with Gasteiger partial charge in [0.15, 0.2) is 0 Å². The van der Waals surface area contributed by atoms with Gasteiger partial charge in [0.25, 0.3) is 0 Å². The van der Waals surface area contributed by atoms with Crippen molar-refractivity contribution in [1.82, 2.24) is 0 Å². The number of benzene rings is 8. The van der Waals surface area contributed by atoms with Crippen LogP contribution in [0.2, 0.25) is 0 Å². The lowest BCUT2D eigenvalue weighted by Crippen LogP contribution is -2.11. The molecule has 3 heteroatoms. The summed E-state index contributed by atoms with van der Waals surface area (Å²) in [6, 6.07) is 68.7. The van der Waals surface area contributed by atoms with Gasteiger partial charge in [-0.05, 0) is 76.3 Å². The van der Waals surface area contributed by atoms with Crippen molar-refractivity contribution in [2.75, 3.05) is 4.90 Å². The van der Waals surface area contributed by atoms with Gasteiger partial charge in [0, 0.05) is 52.6 Å². The molecule has 0 fully saturated rings. The third-order valence-electron chi connectivity index (χ3n) is 9.88. The first-order chi connectivity index (χ1) is 25.3. The predicted octanol–water partition coefficient (Wildman–Crippen LogP) is 14.9. The van der Waals surface area contributed by atoms with E-state index in [1.54, 1.807) is 0 Å². The molecule has 2 aromatic heterocycles. The first-order valence-corrected chi connectivity index (χ1v) is 18.9.